The Kier molecular flexibility index (Phi) is 11.8. The van der Waals surface area contributed by atoms with Crippen molar-refractivity contribution >= 4 is 96.2 Å². The number of rotatable bonds is 5. The van der Waals surface area contributed by atoms with E-state index in [-0.39, 0.29) is 44.6 Å². The number of nitrogens with zero attached hydrogens (tertiary/aromatic N) is 3. The summed E-state index contributed by atoms with van der Waals surface area (Å²) in [5.74, 6) is 0. The van der Waals surface area contributed by atoms with Crippen LogP contribution in [0.4, 0.5) is 51.2 Å². The van der Waals surface area contributed by atoms with Crippen molar-refractivity contribution in [1.82, 2.24) is 0 Å². The van der Waals surface area contributed by atoms with E-state index in [0.717, 1.165) is 62.5 Å². The predicted molar refractivity (Wildman–Crippen MR) is 365 cm³/mol. The summed E-state index contributed by atoms with van der Waals surface area (Å²) in [6, 6.07) is 66.3. The van der Waals surface area contributed by atoms with Gasteiger partial charge in [-0.3, -0.25) is 0 Å². The highest BCUT2D eigenvalue weighted by Gasteiger charge is 2.50. The van der Waals surface area contributed by atoms with Gasteiger partial charge in [0, 0.05) is 61.4 Å². The molecule has 0 amide bonds. The Hall–Kier alpha value is -7.76. The van der Waals surface area contributed by atoms with E-state index in [1.54, 1.807) is 0 Å². The molecule has 0 saturated heterocycles. The SMILES string of the molecule is Cc1cc2c(cc1N1c3cc4c(cc3B3c5cc(C(C)(C)C)ccc5N(c5cccc6c5oc5ccccc56)c5cc(N(c6ccc(C(C)(C)C)cc6)c6ccc(C(C)(C)C)cc6)cc1c53)C(C)(C)c1ccccc1C4(C)C)C(C)(C)CC2(C)C. The van der Waals surface area contributed by atoms with Crippen molar-refractivity contribution in [3.63, 3.8) is 0 Å². The first kappa shape index (κ1) is 55.1. The molecule has 4 aliphatic rings. The van der Waals surface area contributed by atoms with E-state index in [1.807, 2.05) is 0 Å². The van der Waals surface area contributed by atoms with Gasteiger partial charge in [-0.05, 0) is 179 Å². The highest BCUT2D eigenvalue weighted by Crippen LogP contribution is 2.57. The van der Waals surface area contributed by atoms with Crippen LogP contribution in [0.1, 0.15) is 180 Å². The van der Waals surface area contributed by atoms with Crippen LogP contribution in [0.5, 0.6) is 0 Å². The Balaban J connectivity index is 1.16. The van der Waals surface area contributed by atoms with Gasteiger partial charge in [0.2, 0.25) is 0 Å². The molecule has 428 valence electrons. The van der Waals surface area contributed by atoms with Crippen molar-refractivity contribution < 1.29 is 4.42 Å². The van der Waals surface area contributed by atoms with Crippen LogP contribution in [0.25, 0.3) is 21.9 Å². The lowest BCUT2D eigenvalue weighted by atomic mass is 9.33. The minimum atomic E-state index is -0.282. The summed E-state index contributed by atoms with van der Waals surface area (Å²) in [5.41, 5.74) is 29.0. The normalized spacial score (nSPS) is 16.8. The Morgan fingerprint density at radius 1 is 0.400 bits per heavy atom. The number of fused-ring (bicyclic) bond motifs is 10. The minimum absolute atomic E-state index is 0.0163. The smallest absolute Gasteiger partial charge is 0.252 e. The molecule has 0 saturated carbocycles. The fraction of sp³-hybridized carbons (Fsp3) is 0.325. The second-order valence-corrected chi connectivity index (χ2v) is 31.1. The van der Waals surface area contributed by atoms with Crippen LogP contribution in [0.3, 0.4) is 0 Å². The first-order chi connectivity index (χ1) is 39.9. The number of aryl methyl sites for hydroxylation is 1. The van der Waals surface area contributed by atoms with Crippen molar-refractivity contribution in [1.29, 1.82) is 0 Å². The Morgan fingerprint density at radius 3 is 1.46 bits per heavy atom. The maximum absolute atomic E-state index is 7.15. The van der Waals surface area contributed by atoms with Crippen molar-refractivity contribution in [2.24, 2.45) is 0 Å². The zero-order chi connectivity index (χ0) is 60.0. The summed E-state index contributed by atoms with van der Waals surface area (Å²) in [7, 11) is 0. The topological polar surface area (TPSA) is 22.9 Å². The molecule has 85 heavy (non-hydrogen) atoms. The molecule has 0 spiro atoms. The number of furan rings is 1. The minimum Gasteiger partial charge on any atom is -0.454 e. The molecular weight excluding hydrogens is 1030 g/mol. The first-order valence-electron chi connectivity index (χ1n) is 31.2. The van der Waals surface area contributed by atoms with E-state index >= 15 is 0 Å². The average molecular weight is 1110 g/mol. The van der Waals surface area contributed by atoms with Crippen LogP contribution in [-0.4, -0.2) is 6.71 Å². The highest BCUT2D eigenvalue weighted by molar-refractivity contribution is 7.00. The number of hydrogen-bond acceptors (Lipinski definition) is 4. The maximum Gasteiger partial charge on any atom is 0.252 e. The number of benzene rings is 9. The zero-order valence-corrected chi connectivity index (χ0v) is 53.7. The summed E-state index contributed by atoms with van der Waals surface area (Å²) < 4.78 is 7.15. The third-order valence-corrected chi connectivity index (χ3v) is 20.5. The van der Waals surface area contributed by atoms with E-state index in [9.17, 15) is 0 Å². The number of para-hydroxylation sites is 2. The van der Waals surface area contributed by atoms with Crippen molar-refractivity contribution in [2.75, 3.05) is 14.7 Å². The third kappa shape index (κ3) is 8.28. The third-order valence-electron chi connectivity index (χ3n) is 20.5. The highest BCUT2D eigenvalue weighted by atomic mass is 16.3. The van der Waals surface area contributed by atoms with Crippen LogP contribution in [0, 0.1) is 6.92 Å². The molecule has 9 aromatic carbocycles. The van der Waals surface area contributed by atoms with Gasteiger partial charge < -0.3 is 19.1 Å². The molecule has 5 heteroatoms. The zero-order valence-electron chi connectivity index (χ0n) is 53.7. The Bertz CT molecular complexity index is 4360. The molecular formula is C80H84BN3O. The van der Waals surface area contributed by atoms with Gasteiger partial charge in [0.05, 0.1) is 11.4 Å². The van der Waals surface area contributed by atoms with Gasteiger partial charge in [-0.25, -0.2) is 0 Å². The van der Waals surface area contributed by atoms with Crippen LogP contribution >= 0.6 is 0 Å². The van der Waals surface area contributed by atoms with Gasteiger partial charge in [0.15, 0.2) is 5.58 Å². The molecule has 3 heterocycles. The van der Waals surface area contributed by atoms with Crippen molar-refractivity contribution in [3.05, 3.63) is 225 Å². The maximum atomic E-state index is 7.15. The molecule has 2 aliphatic carbocycles. The lowest BCUT2D eigenvalue weighted by molar-refractivity contribution is 0.403. The predicted octanol–water partition coefficient (Wildman–Crippen LogP) is 20.3. The van der Waals surface area contributed by atoms with E-state index in [4.69, 9.17) is 4.42 Å². The van der Waals surface area contributed by atoms with E-state index in [2.05, 4.69) is 309 Å². The molecule has 0 unspecified atom stereocenters. The van der Waals surface area contributed by atoms with Gasteiger partial charge in [-0.1, -0.05) is 221 Å². The quantitative estimate of drug-likeness (QED) is 0.160. The lowest BCUT2D eigenvalue weighted by Crippen LogP contribution is -2.62. The molecule has 14 rings (SSSR count). The summed E-state index contributed by atoms with van der Waals surface area (Å²) >= 11 is 0. The van der Waals surface area contributed by atoms with Gasteiger partial charge in [-0.2, -0.15) is 0 Å². The first-order valence-corrected chi connectivity index (χ1v) is 31.2. The van der Waals surface area contributed by atoms with Gasteiger partial charge in [0.1, 0.15) is 5.58 Å². The van der Waals surface area contributed by atoms with Gasteiger partial charge >= 0.3 is 0 Å². The van der Waals surface area contributed by atoms with Crippen LogP contribution in [0.15, 0.2) is 174 Å². The monoisotopic (exact) mass is 1110 g/mol. The van der Waals surface area contributed by atoms with E-state index in [1.165, 1.54) is 89.1 Å². The van der Waals surface area contributed by atoms with Gasteiger partial charge in [-0.15, -0.1) is 0 Å². The Labute approximate surface area is 507 Å². The Morgan fingerprint density at radius 2 is 0.882 bits per heavy atom. The van der Waals surface area contributed by atoms with E-state index in [0.29, 0.717) is 0 Å². The van der Waals surface area contributed by atoms with Gasteiger partial charge in [0.25, 0.3) is 6.71 Å². The standard InChI is InChI=1S/C80H84BN3O/c1-48-40-59-60(78(13,14)47-77(59,11)12)45-67(48)84-68-46-62-61(79(15,16)57-26-20-21-27-58(57)80(62,17)18)44-64(68)81-63-41-51(76(8,9)10)34-39-65(63)83(66-28-23-25-56-55-24-19-22-29-71(55)85-73(56)66)69-42-54(43-70(84)72(69)81)82(52-35-30-49(31-36-52)74(2,3)4)53-37-32-50(33-38-53)75(5,6)7/h19-46H,47H2,1-18H3. The average Bonchev–Trinajstić information content (AvgIpc) is 1.05. The van der Waals surface area contributed by atoms with Crippen molar-refractivity contribution in [3.8, 4) is 0 Å². The summed E-state index contributed by atoms with van der Waals surface area (Å²) in [6.45, 7) is 42.9. The molecule has 0 N–H and O–H groups in total. The van der Waals surface area contributed by atoms with Crippen LogP contribution in [0.2, 0.25) is 0 Å². The van der Waals surface area contributed by atoms with Crippen molar-refractivity contribution in [2.45, 2.75) is 169 Å². The molecule has 0 radical (unpaired) electrons. The largest absolute Gasteiger partial charge is 0.454 e. The van der Waals surface area contributed by atoms with Crippen LogP contribution < -0.4 is 31.1 Å². The fourth-order valence-electron chi connectivity index (χ4n) is 16.0. The second-order valence-electron chi connectivity index (χ2n) is 31.1. The summed E-state index contributed by atoms with van der Waals surface area (Å²) in [4.78, 5) is 7.84. The molecule has 0 bridgehead atoms. The molecule has 0 fully saturated rings. The molecule has 1 aromatic heterocycles. The molecule has 2 aliphatic heterocycles. The molecule has 0 atom stereocenters. The summed E-state index contributed by atoms with van der Waals surface area (Å²) in [6.07, 6.45) is 1.09. The molecule has 10 aromatic rings. The summed E-state index contributed by atoms with van der Waals surface area (Å²) in [5, 5.41) is 2.22. The lowest BCUT2D eigenvalue weighted by Gasteiger charge is -2.48. The van der Waals surface area contributed by atoms with Crippen LogP contribution in [-0.2, 0) is 37.9 Å². The molecule has 4 nitrogen and oxygen atoms in total. The van der Waals surface area contributed by atoms with E-state index < -0.39 is 0 Å². The fourth-order valence-corrected chi connectivity index (χ4v) is 16.0. The second kappa shape index (κ2) is 18.1. The number of anilines is 9. The number of hydrogen-bond donors (Lipinski definition) is 0.